The number of carbonyl (C=O) groups excluding carboxylic acids is 1. The molecule has 21 heavy (non-hydrogen) atoms. The van der Waals surface area contributed by atoms with Gasteiger partial charge in [0.05, 0.1) is 5.56 Å². The van der Waals surface area contributed by atoms with Crippen molar-refractivity contribution in [1.29, 1.82) is 0 Å². The lowest BCUT2D eigenvalue weighted by atomic mass is 10.2. The van der Waals surface area contributed by atoms with E-state index in [9.17, 15) is 18.0 Å². The van der Waals surface area contributed by atoms with E-state index >= 15 is 0 Å². The molecule has 0 aliphatic carbocycles. The minimum atomic E-state index is -4.43. The van der Waals surface area contributed by atoms with Crippen LogP contribution in [0.2, 0.25) is 0 Å². The number of alkyl halides is 3. The average Bonchev–Trinajstić information content (AvgIpc) is 2.43. The number of hydrogen-bond donors (Lipinski definition) is 2. The van der Waals surface area contributed by atoms with E-state index in [0.29, 0.717) is 6.42 Å². The first-order valence-corrected chi connectivity index (χ1v) is 6.25. The maximum absolute atomic E-state index is 12.5. The standard InChI is InChI=1S/C13H16F3NO4/c14-13(15,16)10-3-1-4-11(9-10)20-7-8-21-12(19)17-5-2-6-18/h1,3-4,9,18H,2,5-8H2,(H,17,19). The molecule has 118 valence electrons. The Morgan fingerprint density at radius 2 is 2.05 bits per heavy atom. The summed E-state index contributed by atoms with van der Waals surface area (Å²) in [5.41, 5.74) is -0.803. The number of amides is 1. The summed E-state index contributed by atoms with van der Waals surface area (Å²) in [6, 6.07) is 4.44. The van der Waals surface area contributed by atoms with Gasteiger partial charge in [0.2, 0.25) is 0 Å². The highest BCUT2D eigenvalue weighted by Gasteiger charge is 2.30. The molecule has 5 nitrogen and oxygen atoms in total. The third-order valence-corrected chi connectivity index (χ3v) is 2.35. The van der Waals surface area contributed by atoms with Gasteiger partial charge in [0.25, 0.3) is 0 Å². The van der Waals surface area contributed by atoms with E-state index in [2.05, 4.69) is 5.32 Å². The van der Waals surface area contributed by atoms with E-state index in [-0.39, 0.29) is 32.1 Å². The molecular weight excluding hydrogens is 291 g/mol. The van der Waals surface area contributed by atoms with Crippen LogP contribution in [0.5, 0.6) is 5.75 Å². The van der Waals surface area contributed by atoms with Crippen LogP contribution < -0.4 is 10.1 Å². The van der Waals surface area contributed by atoms with Gasteiger partial charge in [0, 0.05) is 13.2 Å². The Balaban J connectivity index is 2.28. The molecule has 0 spiro atoms. The van der Waals surface area contributed by atoms with Crippen LogP contribution in [-0.2, 0) is 10.9 Å². The Hall–Kier alpha value is -1.96. The lowest BCUT2D eigenvalue weighted by Crippen LogP contribution is -2.27. The summed E-state index contributed by atoms with van der Waals surface area (Å²) in [6.07, 6.45) is -4.69. The first-order chi connectivity index (χ1) is 9.93. The van der Waals surface area contributed by atoms with E-state index in [0.717, 1.165) is 12.1 Å². The van der Waals surface area contributed by atoms with E-state index in [1.54, 1.807) is 0 Å². The van der Waals surface area contributed by atoms with Gasteiger partial charge >= 0.3 is 12.3 Å². The third kappa shape index (κ3) is 6.84. The van der Waals surface area contributed by atoms with Gasteiger partial charge in [0.15, 0.2) is 0 Å². The van der Waals surface area contributed by atoms with Crippen molar-refractivity contribution >= 4 is 6.09 Å². The monoisotopic (exact) mass is 307 g/mol. The number of aliphatic hydroxyl groups excluding tert-OH is 1. The van der Waals surface area contributed by atoms with Crippen molar-refractivity contribution in [2.75, 3.05) is 26.4 Å². The normalized spacial score (nSPS) is 11.0. The first kappa shape index (κ1) is 17.1. The predicted octanol–water partition coefficient (Wildman–Crippen LogP) is 2.19. The van der Waals surface area contributed by atoms with Gasteiger partial charge in [-0.3, -0.25) is 0 Å². The van der Waals surface area contributed by atoms with Crippen LogP contribution in [0.4, 0.5) is 18.0 Å². The Kier molecular flexibility index (Phi) is 6.80. The van der Waals surface area contributed by atoms with Crippen LogP contribution >= 0.6 is 0 Å². The quantitative estimate of drug-likeness (QED) is 0.758. The molecule has 0 fully saturated rings. The number of rotatable bonds is 7. The zero-order valence-electron chi connectivity index (χ0n) is 11.2. The van der Waals surface area contributed by atoms with Crippen LogP contribution in [0.25, 0.3) is 0 Å². The summed E-state index contributed by atoms with van der Waals surface area (Å²) in [5.74, 6) is 0.0501. The van der Waals surface area contributed by atoms with Crippen molar-refractivity contribution in [3.63, 3.8) is 0 Å². The van der Waals surface area contributed by atoms with Gasteiger partial charge in [-0.25, -0.2) is 4.79 Å². The predicted molar refractivity (Wildman–Crippen MR) is 68.0 cm³/mol. The van der Waals surface area contributed by atoms with Crippen LogP contribution in [0.1, 0.15) is 12.0 Å². The fourth-order valence-corrected chi connectivity index (χ4v) is 1.38. The van der Waals surface area contributed by atoms with E-state index in [1.807, 2.05) is 0 Å². The molecule has 1 aromatic rings. The fraction of sp³-hybridized carbons (Fsp3) is 0.462. The lowest BCUT2D eigenvalue weighted by Gasteiger charge is -2.10. The van der Waals surface area contributed by atoms with E-state index in [4.69, 9.17) is 14.6 Å². The molecule has 0 aliphatic rings. The van der Waals surface area contributed by atoms with Gasteiger partial charge in [-0.05, 0) is 24.6 Å². The van der Waals surface area contributed by atoms with Crippen molar-refractivity contribution in [2.45, 2.75) is 12.6 Å². The molecule has 0 atom stereocenters. The van der Waals surface area contributed by atoms with E-state index in [1.165, 1.54) is 12.1 Å². The Morgan fingerprint density at radius 1 is 1.29 bits per heavy atom. The average molecular weight is 307 g/mol. The number of hydrogen-bond acceptors (Lipinski definition) is 4. The zero-order chi connectivity index (χ0) is 15.7. The second-order valence-corrected chi connectivity index (χ2v) is 4.01. The molecule has 0 saturated carbocycles. The van der Waals surface area contributed by atoms with Crippen LogP contribution in [-0.4, -0.2) is 37.6 Å². The molecule has 0 aliphatic heterocycles. The highest BCUT2D eigenvalue weighted by molar-refractivity contribution is 5.66. The third-order valence-electron chi connectivity index (χ3n) is 2.35. The molecule has 0 bridgehead atoms. The molecule has 1 rings (SSSR count). The molecule has 0 unspecified atom stereocenters. The van der Waals surface area contributed by atoms with Gasteiger partial charge in [0.1, 0.15) is 19.0 Å². The van der Waals surface area contributed by atoms with Gasteiger partial charge < -0.3 is 19.9 Å². The lowest BCUT2D eigenvalue weighted by molar-refractivity contribution is -0.137. The van der Waals surface area contributed by atoms with Crippen LogP contribution in [0.3, 0.4) is 0 Å². The minimum Gasteiger partial charge on any atom is -0.490 e. The SMILES string of the molecule is O=C(NCCCO)OCCOc1cccc(C(F)(F)F)c1. The van der Waals surface area contributed by atoms with Crippen molar-refractivity contribution in [2.24, 2.45) is 0 Å². The summed E-state index contributed by atoms with van der Waals surface area (Å²) in [4.78, 5) is 11.1. The highest BCUT2D eigenvalue weighted by Crippen LogP contribution is 2.31. The molecule has 0 saturated heterocycles. The second kappa shape index (κ2) is 8.35. The Bertz CT molecular complexity index is 451. The number of alkyl carbamates (subject to hydrolysis) is 1. The summed E-state index contributed by atoms with van der Waals surface area (Å²) >= 11 is 0. The van der Waals surface area contributed by atoms with Gasteiger partial charge in [-0.2, -0.15) is 13.2 Å². The number of ether oxygens (including phenoxy) is 2. The molecule has 0 aromatic heterocycles. The zero-order valence-corrected chi connectivity index (χ0v) is 11.2. The summed E-state index contributed by atoms with van der Waals surface area (Å²) in [7, 11) is 0. The van der Waals surface area contributed by atoms with E-state index < -0.39 is 17.8 Å². The van der Waals surface area contributed by atoms with Gasteiger partial charge in [-0.15, -0.1) is 0 Å². The van der Waals surface area contributed by atoms with Crippen LogP contribution in [0.15, 0.2) is 24.3 Å². The van der Waals surface area contributed by atoms with Crippen molar-refractivity contribution in [3.05, 3.63) is 29.8 Å². The summed E-state index contributed by atoms with van der Waals surface area (Å²) in [6.45, 7) is 0.0820. The van der Waals surface area contributed by atoms with Crippen LogP contribution in [0, 0.1) is 0 Å². The number of carbonyl (C=O) groups is 1. The summed E-state index contributed by atoms with van der Waals surface area (Å²) < 4.78 is 47.2. The highest BCUT2D eigenvalue weighted by atomic mass is 19.4. The van der Waals surface area contributed by atoms with Gasteiger partial charge in [-0.1, -0.05) is 6.07 Å². The fourth-order valence-electron chi connectivity index (χ4n) is 1.38. The molecular formula is C13H16F3NO4. The topological polar surface area (TPSA) is 67.8 Å². The second-order valence-electron chi connectivity index (χ2n) is 4.01. The number of halogens is 3. The molecule has 0 heterocycles. The first-order valence-electron chi connectivity index (χ1n) is 6.25. The van der Waals surface area contributed by atoms with Crippen molar-refractivity contribution < 1.29 is 32.5 Å². The molecule has 1 aromatic carbocycles. The largest absolute Gasteiger partial charge is 0.490 e. The minimum absolute atomic E-state index is 0.0427. The Labute approximate surface area is 119 Å². The maximum atomic E-state index is 12.5. The molecule has 2 N–H and O–H groups in total. The maximum Gasteiger partial charge on any atom is 0.416 e. The molecule has 8 heteroatoms. The molecule has 0 radical (unpaired) electrons. The van der Waals surface area contributed by atoms with Crippen molar-refractivity contribution in [1.82, 2.24) is 5.32 Å². The summed E-state index contributed by atoms with van der Waals surface area (Å²) in [5, 5.41) is 10.9. The molecule has 1 amide bonds. The Morgan fingerprint density at radius 3 is 2.71 bits per heavy atom. The smallest absolute Gasteiger partial charge is 0.416 e. The number of nitrogens with one attached hydrogen (secondary N) is 1. The van der Waals surface area contributed by atoms with Crippen molar-refractivity contribution in [3.8, 4) is 5.75 Å². The number of aliphatic hydroxyl groups is 1. The number of benzene rings is 1.